The van der Waals surface area contributed by atoms with E-state index in [2.05, 4.69) is 4.72 Å². The number of benzene rings is 2. The van der Waals surface area contributed by atoms with Gasteiger partial charge < -0.3 is 0 Å². The monoisotopic (exact) mass is 364 g/mol. The predicted octanol–water partition coefficient (Wildman–Crippen LogP) is 2.06. The summed E-state index contributed by atoms with van der Waals surface area (Å²) in [6.07, 6.45) is 2.74. The number of sulfonamides is 2. The zero-order valence-electron chi connectivity index (χ0n) is 12.6. The number of hydrogen-bond donors (Lipinski definition) is 2. The van der Waals surface area contributed by atoms with Crippen LogP contribution in [-0.2, 0) is 26.5 Å². The van der Waals surface area contributed by atoms with Gasteiger partial charge in [0.1, 0.15) is 0 Å². The highest BCUT2D eigenvalue weighted by atomic mass is 32.2. The van der Waals surface area contributed by atoms with Gasteiger partial charge in [-0.3, -0.25) is 4.72 Å². The maximum absolute atomic E-state index is 12.5. The highest BCUT2D eigenvalue weighted by Gasteiger charge is 2.21. The van der Waals surface area contributed by atoms with Gasteiger partial charge in [-0.2, -0.15) is 0 Å². The highest BCUT2D eigenvalue weighted by Crippen LogP contribution is 2.28. The predicted molar refractivity (Wildman–Crippen MR) is 93.1 cm³/mol. The summed E-state index contributed by atoms with van der Waals surface area (Å²) in [5.74, 6) is 0. The summed E-state index contributed by atoms with van der Waals surface area (Å²) in [4.78, 5) is 0.230. The smallest absolute Gasteiger partial charge is 0.258 e. The Bertz CT molecular complexity index is 1010. The highest BCUT2D eigenvalue weighted by molar-refractivity contribution is 7.96. The molecular weight excluding hydrogens is 348 g/mol. The van der Waals surface area contributed by atoms with Crippen molar-refractivity contribution in [3.63, 3.8) is 0 Å². The molecule has 126 valence electrons. The number of allylic oxidation sites excluding steroid dienone is 1. The average molecular weight is 364 g/mol. The molecule has 8 heteroatoms. The molecule has 0 atom stereocenters. The zero-order chi connectivity index (χ0) is 17.4. The van der Waals surface area contributed by atoms with Crippen LogP contribution in [0.5, 0.6) is 0 Å². The van der Waals surface area contributed by atoms with Crippen LogP contribution in [0.15, 0.2) is 58.3 Å². The maximum Gasteiger partial charge on any atom is 0.258 e. The maximum atomic E-state index is 12.5. The second-order valence-corrected chi connectivity index (χ2v) is 8.78. The van der Waals surface area contributed by atoms with Gasteiger partial charge in [0.15, 0.2) is 0 Å². The minimum Gasteiger partial charge on any atom is -0.280 e. The lowest BCUT2D eigenvalue weighted by Crippen LogP contribution is -2.17. The molecule has 1 aliphatic rings. The van der Waals surface area contributed by atoms with Crippen molar-refractivity contribution in [2.45, 2.75) is 17.7 Å². The Morgan fingerprint density at radius 3 is 2.21 bits per heavy atom. The number of fused-ring (bicyclic) bond motifs is 1. The van der Waals surface area contributed by atoms with E-state index in [1.54, 1.807) is 6.08 Å². The minimum atomic E-state index is -3.81. The third kappa shape index (κ3) is 3.50. The molecule has 2 aromatic carbocycles. The normalized spacial score (nSPS) is 14.6. The van der Waals surface area contributed by atoms with Crippen LogP contribution in [0.3, 0.4) is 0 Å². The largest absolute Gasteiger partial charge is 0.280 e. The fourth-order valence-electron chi connectivity index (χ4n) is 2.55. The van der Waals surface area contributed by atoms with Crippen molar-refractivity contribution in [3.8, 4) is 0 Å². The van der Waals surface area contributed by atoms with Gasteiger partial charge in [0, 0.05) is 5.69 Å². The summed E-state index contributed by atoms with van der Waals surface area (Å²) in [6, 6.07) is 12.9. The first-order chi connectivity index (χ1) is 11.3. The zero-order valence-corrected chi connectivity index (χ0v) is 14.3. The second kappa shape index (κ2) is 6.04. The number of aryl methyl sites for hydroxylation is 1. The quantitative estimate of drug-likeness (QED) is 0.866. The van der Waals surface area contributed by atoms with Crippen molar-refractivity contribution in [2.75, 3.05) is 4.72 Å². The van der Waals surface area contributed by atoms with Gasteiger partial charge in [0.25, 0.3) is 10.0 Å². The van der Waals surface area contributed by atoms with Crippen LogP contribution < -0.4 is 9.86 Å². The summed E-state index contributed by atoms with van der Waals surface area (Å²) in [7, 11) is -7.50. The number of hydrogen-bond acceptors (Lipinski definition) is 4. The van der Waals surface area contributed by atoms with E-state index in [1.807, 2.05) is 24.3 Å². The molecule has 6 nitrogen and oxygen atoms in total. The van der Waals surface area contributed by atoms with Crippen molar-refractivity contribution < 1.29 is 16.8 Å². The molecule has 0 bridgehead atoms. The third-order valence-electron chi connectivity index (χ3n) is 3.79. The number of nitrogens with one attached hydrogen (secondary N) is 1. The number of nitrogens with two attached hydrogens (primary N) is 1. The molecule has 0 fully saturated rings. The molecule has 0 spiro atoms. The van der Waals surface area contributed by atoms with E-state index in [-0.39, 0.29) is 10.6 Å². The number of primary sulfonamides is 1. The molecule has 0 heterocycles. The third-order valence-corrected chi connectivity index (χ3v) is 6.24. The van der Waals surface area contributed by atoms with E-state index in [0.29, 0.717) is 17.7 Å². The summed E-state index contributed by atoms with van der Waals surface area (Å²) in [5, 5.41) is 5.02. The average Bonchev–Trinajstić information content (AvgIpc) is 2.53. The van der Waals surface area contributed by atoms with Crippen molar-refractivity contribution in [2.24, 2.45) is 5.14 Å². The minimum absolute atomic E-state index is 0.0729. The first kappa shape index (κ1) is 16.7. The van der Waals surface area contributed by atoms with Crippen molar-refractivity contribution in [3.05, 3.63) is 64.6 Å². The molecule has 0 aliphatic heterocycles. The van der Waals surface area contributed by atoms with E-state index in [1.165, 1.54) is 24.3 Å². The molecule has 0 amide bonds. The van der Waals surface area contributed by atoms with Gasteiger partial charge in [-0.25, -0.2) is 22.0 Å². The van der Waals surface area contributed by atoms with Gasteiger partial charge in [-0.1, -0.05) is 24.3 Å². The molecule has 0 saturated heterocycles. The van der Waals surface area contributed by atoms with Crippen LogP contribution in [-0.4, -0.2) is 16.8 Å². The van der Waals surface area contributed by atoms with Crippen LogP contribution in [0.4, 0.5) is 5.69 Å². The fourth-order valence-corrected chi connectivity index (χ4v) is 4.30. The van der Waals surface area contributed by atoms with Crippen molar-refractivity contribution >= 4 is 31.8 Å². The van der Waals surface area contributed by atoms with E-state index in [0.717, 1.165) is 11.1 Å². The Balaban J connectivity index is 1.86. The Morgan fingerprint density at radius 2 is 1.54 bits per heavy atom. The van der Waals surface area contributed by atoms with Gasteiger partial charge in [0.2, 0.25) is 10.0 Å². The fraction of sp³-hybridized carbons (Fsp3) is 0.125. The molecule has 0 aromatic heterocycles. The summed E-state index contributed by atoms with van der Waals surface area (Å²) in [5.41, 5.74) is 2.30. The summed E-state index contributed by atoms with van der Waals surface area (Å²) in [6.45, 7) is 0. The van der Waals surface area contributed by atoms with Crippen LogP contribution >= 0.6 is 0 Å². The lowest BCUT2D eigenvalue weighted by atomic mass is 9.98. The van der Waals surface area contributed by atoms with Crippen LogP contribution in [0, 0.1) is 0 Å². The molecular formula is C16H16N2O4S2. The Morgan fingerprint density at radius 1 is 0.875 bits per heavy atom. The molecule has 3 N–H and O–H groups in total. The summed E-state index contributed by atoms with van der Waals surface area (Å²) < 4.78 is 50.0. The van der Waals surface area contributed by atoms with E-state index in [9.17, 15) is 16.8 Å². The summed E-state index contributed by atoms with van der Waals surface area (Å²) >= 11 is 0. The number of rotatable bonds is 4. The molecule has 24 heavy (non-hydrogen) atoms. The van der Waals surface area contributed by atoms with Gasteiger partial charge >= 0.3 is 0 Å². The van der Waals surface area contributed by atoms with Crippen LogP contribution in [0.1, 0.15) is 17.5 Å². The van der Waals surface area contributed by atoms with Gasteiger partial charge in [-0.15, -0.1) is 0 Å². The van der Waals surface area contributed by atoms with E-state index >= 15 is 0 Å². The molecule has 1 aliphatic carbocycles. The Labute approximate surface area is 141 Å². The molecule has 0 saturated carbocycles. The molecule has 0 radical (unpaired) electrons. The topological polar surface area (TPSA) is 106 Å². The molecule has 0 unspecified atom stereocenters. The van der Waals surface area contributed by atoms with Crippen molar-refractivity contribution in [1.82, 2.24) is 0 Å². The number of anilines is 1. The van der Waals surface area contributed by atoms with Crippen molar-refractivity contribution in [1.29, 1.82) is 0 Å². The molecule has 3 rings (SSSR count). The Hall–Kier alpha value is -2.16. The Kier molecular flexibility index (Phi) is 4.20. The van der Waals surface area contributed by atoms with Gasteiger partial charge in [0.05, 0.1) is 9.80 Å². The second-order valence-electron chi connectivity index (χ2n) is 5.48. The van der Waals surface area contributed by atoms with E-state index < -0.39 is 20.0 Å². The van der Waals surface area contributed by atoms with Crippen LogP contribution in [0.25, 0.3) is 6.08 Å². The first-order valence-corrected chi connectivity index (χ1v) is 10.2. The standard InChI is InChI=1S/C16H16N2O4S2/c17-23(19,20)15-9-6-14(7-10-15)18-24(21,22)16-8-5-12-3-1-2-4-13(12)11-16/h1-4,6-7,9-11,18H,5,8H2,(H2,17,19,20). The molecule has 2 aromatic rings. The first-order valence-electron chi connectivity index (χ1n) is 7.20. The lowest BCUT2D eigenvalue weighted by molar-refractivity contribution is 0.597. The van der Waals surface area contributed by atoms with Crippen LogP contribution in [0.2, 0.25) is 0 Å². The van der Waals surface area contributed by atoms with E-state index in [4.69, 9.17) is 5.14 Å². The lowest BCUT2D eigenvalue weighted by Gasteiger charge is -2.17. The van der Waals surface area contributed by atoms with Gasteiger partial charge in [-0.05, 0) is 54.3 Å². The SMILES string of the molecule is NS(=O)(=O)c1ccc(NS(=O)(=O)C2=Cc3ccccc3CC2)cc1.